The minimum atomic E-state index is 0.601. The number of halogens is 1. The summed E-state index contributed by atoms with van der Waals surface area (Å²) in [6.45, 7) is 12.4. The molecule has 1 unspecified atom stereocenters. The van der Waals surface area contributed by atoms with E-state index in [0.29, 0.717) is 11.8 Å². The van der Waals surface area contributed by atoms with Gasteiger partial charge in [-0.05, 0) is 54.6 Å². The Bertz CT molecular complexity index is 404. The number of nitrogens with zero attached hydrogens (tertiary/aromatic N) is 2. The largest absolute Gasteiger partial charge is 0.383 e. The fraction of sp³-hybridized carbons (Fsp3) is 0.800. The number of nitrogens with one attached hydrogen (secondary N) is 1. The summed E-state index contributed by atoms with van der Waals surface area (Å²) >= 11 is 3.69. The average Bonchev–Trinajstić information content (AvgIpc) is 2.69. The van der Waals surface area contributed by atoms with Crippen molar-refractivity contribution >= 4 is 15.9 Å². The summed E-state index contributed by atoms with van der Waals surface area (Å²) in [4.78, 5) is 0. The number of ether oxygens (including phenoxy) is 1. The Morgan fingerprint density at radius 2 is 2.10 bits per heavy atom. The number of rotatable bonds is 9. The van der Waals surface area contributed by atoms with Crippen LogP contribution in [-0.2, 0) is 17.7 Å². The van der Waals surface area contributed by atoms with E-state index in [1.54, 1.807) is 7.11 Å². The Morgan fingerprint density at radius 3 is 2.65 bits per heavy atom. The van der Waals surface area contributed by atoms with Crippen LogP contribution < -0.4 is 5.32 Å². The quantitative estimate of drug-likeness (QED) is 0.699. The van der Waals surface area contributed by atoms with Crippen molar-refractivity contribution in [2.75, 3.05) is 26.8 Å². The van der Waals surface area contributed by atoms with E-state index in [2.05, 4.69) is 58.7 Å². The Labute approximate surface area is 131 Å². The first-order valence-electron chi connectivity index (χ1n) is 7.42. The summed E-state index contributed by atoms with van der Waals surface area (Å²) in [6, 6.07) is 0. The van der Waals surface area contributed by atoms with Crippen LogP contribution in [0.5, 0.6) is 0 Å². The molecule has 1 aromatic heterocycles. The van der Waals surface area contributed by atoms with Crippen molar-refractivity contribution in [1.29, 1.82) is 0 Å². The molecule has 1 N–H and O–H groups in total. The van der Waals surface area contributed by atoms with Gasteiger partial charge >= 0.3 is 0 Å². The second-order valence-electron chi connectivity index (χ2n) is 5.57. The van der Waals surface area contributed by atoms with Crippen molar-refractivity contribution in [3.8, 4) is 0 Å². The first-order valence-corrected chi connectivity index (χ1v) is 8.21. The Hall–Kier alpha value is -0.390. The van der Waals surface area contributed by atoms with Crippen molar-refractivity contribution in [2.24, 2.45) is 11.8 Å². The number of hydrogen-bond acceptors (Lipinski definition) is 3. The van der Waals surface area contributed by atoms with Crippen LogP contribution in [0.25, 0.3) is 0 Å². The highest BCUT2D eigenvalue weighted by Crippen LogP contribution is 2.26. The second-order valence-corrected chi connectivity index (χ2v) is 6.36. The zero-order valence-electron chi connectivity index (χ0n) is 13.4. The lowest BCUT2D eigenvalue weighted by molar-refractivity contribution is 0.196. The van der Waals surface area contributed by atoms with E-state index in [1.807, 2.05) is 0 Å². The molecule has 0 aliphatic heterocycles. The van der Waals surface area contributed by atoms with E-state index in [4.69, 9.17) is 4.74 Å². The van der Waals surface area contributed by atoms with Gasteiger partial charge in [-0.2, -0.15) is 5.10 Å². The maximum atomic E-state index is 5.08. The van der Waals surface area contributed by atoms with Crippen molar-refractivity contribution in [1.82, 2.24) is 15.1 Å². The zero-order chi connectivity index (χ0) is 15.1. The molecule has 20 heavy (non-hydrogen) atoms. The highest BCUT2D eigenvalue weighted by molar-refractivity contribution is 9.10. The maximum Gasteiger partial charge on any atom is 0.0738 e. The third-order valence-electron chi connectivity index (χ3n) is 3.74. The lowest BCUT2D eigenvalue weighted by Crippen LogP contribution is -2.30. The minimum Gasteiger partial charge on any atom is -0.383 e. The third kappa shape index (κ3) is 4.86. The lowest BCUT2D eigenvalue weighted by atomic mass is 9.91. The first-order chi connectivity index (χ1) is 9.51. The number of hydrogen-bond donors (Lipinski definition) is 1. The molecule has 0 fully saturated rings. The highest BCUT2D eigenvalue weighted by atomic mass is 79.9. The van der Waals surface area contributed by atoms with E-state index in [-0.39, 0.29) is 0 Å². The summed E-state index contributed by atoms with van der Waals surface area (Å²) in [6.07, 6.45) is 1.05. The molecule has 1 heterocycles. The lowest BCUT2D eigenvalue weighted by Gasteiger charge is -2.22. The van der Waals surface area contributed by atoms with Gasteiger partial charge in [0.05, 0.1) is 22.5 Å². The standard InChI is InChI=1S/C15H28BrN3O/c1-6-19-14(15(16)12(4)18-19)9-13(11(2)3)10-17-7-8-20-5/h11,13,17H,6-10H2,1-5H3. The fourth-order valence-electron chi connectivity index (χ4n) is 2.32. The zero-order valence-corrected chi connectivity index (χ0v) is 15.0. The third-order valence-corrected chi connectivity index (χ3v) is 4.77. The maximum absolute atomic E-state index is 5.08. The molecule has 0 aromatic carbocycles. The van der Waals surface area contributed by atoms with E-state index in [9.17, 15) is 0 Å². The summed E-state index contributed by atoms with van der Waals surface area (Å²) in [7, 11) is 1.74. The topological polar surface area (TPSA) is 39.1 Å². The van der Waals surface area contributed by atoms with E-state index in [1.165, 1.54) is 10.2 Å². The SMILES string of the molecule is CCn1nc(C)c(Br)c1CC(CNCCOC)C(C)C. The van der Waals surface area contributed by atoms with Crippen LogP contribution in [0, 0.1) is 18.8 Å². The van der Waals surface area contributed by atoms with Crippen molar-refractivity contribution in [3.05, 3.63) is 15.9 Å². The molecule has 0 amide bonds. The van der Waals surface area contributed by atoms with Gasteiger partial charge in [0.1, 0.15) is 0 Å². The van der Waals surface area contributed by atoms with Gasteiger partial charge in [-0.15, -0.1) is 0 Å². The van der Waals surface area contributed by atoms with Gasteiger partial charge in [0.25, 0.3) is 0 Å². The van der Waals surface area contributed by atoms with Crippen LogP contribution in [0.3, 0.4) is 0 Å². The number of aryl methyl sites for hydroxylation is 2. The molecule has 1 atom stereocenters. The van der Waals surface area contributed by atoms with Crippen molar-refractivity contribution in [3.63, 3.8) is 0 Å². The number of aromatic nitrogens is 2. The summed E-state index contributed by atoms with van der Waals surface area (Å²) in [5.74, 6) is 1.24. The van der Waals surface area contributed by atoms with Gasteiger partial charge in [-0.3, -0.25) is 4.68 Å². The van der Waals surface area contributed by atoms with Crippen LogP contribution in [0.2, 0.25) is 0 Å². The van der Waals surface area contributed by atoms with Gasteiger partial charge in [-0.25, -0.2) is 0 Å². The van der Waals surface area contributed by atoms with Gasteiger partial charge in [-0.1, -0.05) is 13.8 Å². The molecule has 4 nitrogen and oxygen atoms in total. The van der Waals surface area contributed by atoms with Crippen LogP contribution in [0.4, 0.5) is 0 Å². The van der Waals surface area contributed by atoms with E-state index in [0.717, 1.165) is 38.4 Å². The van der Waals surface area contributed by atoms with Crippen molar-refractivity contribution < 1.29 is 4.74 Å². The molecule has 0 bridgehead atoms. The summed E-state index contributed by atoms with van der Waals surface area (Å²) in [5.41, 5.74) is 2.40. The molecule has 0 saturated heterocycles. The monoisotopic (exact) mass is 345 g/mol. The molecule has 5 heteroatoms. The van der Waals surface area contributed by atoms with Crippen LogP contribution in [0.15, 0.2) is 4.47 Å². The highest BCUT2D eigenvalue weighted by Gasteiger charge is 2.19. The van der Waals surface area contributed by atoms with Gasteiger partial charge < -0.3 is 10.1 Å². The van der Waals surface area contributed by atoms with Crippen molar-refractivity contribution in [2.45, 2.75) is 40.7 Å². The molecule has 0 spiro atoms. The molecular formula is C15H28BrN3O. The van der Waals surface area contributed by atoms with Crippen LogP contribution in [0.1, 0.15) is 32.2 Å². The van der Waals surface area contributed by atoms with Gasteiger partial charge in [0.15, 0.2) is 0 Å². The van der Waals surface area contributed by atoms with Crippen LogP contribution >= 0.6 is 15.9 Å². The molecule has 0 saturated carbocycles. The summed E-state index contributed by atoms with van der Waals surface area (Å²) in [5, 5.41) is 8.06. The molecule has 0 aliphatic rings. The Balaban J connectivity index is 2.70. The predicted octanol–water partition coefficient (Wildman–Crippen LogP) is 3.02. The van der Waals surface area contributed by atoms with E-state index < -0.39 is 0 Å². The van der Waals surface area contributed by atoms with Gasteiger partial charge in [0, 0.05) is 20.2 Å². The molecule has 1 aromatic rings. The molecular weight excluding hydrogens is 318 g/mol. The minimum absolute atomic E-state index is 0.601. The Kier molecular flexibility index (Phi) is 7.77. The van der Waals surface area contributed by atoms with Crippen LogP contribution in [-0.4, -0.2) is 36.6 Å². The normalized spacial score (nSPS) is 13.2. The number of methoxy groups -OCH3 is 1. The molecule has 0 radical (unpaired) electrons. The molecule has 0 aliphatic carbocycles. The first kappa shape index (κ1) is 17.7. The average molecular weight is 346 g/mol. The Morgan fingerprint density at radius 1 is 1.40 bits per heavy atom. The molecule has 1 rings (SSSR count). The molecule has 116 valence electrons. The summed E-state index contributed by atoms with van der Waals surface area (Å²) < 4.78 is 8.36. The predicted molar refractivity (Wildman–Crippen MR) is 87.1 cm³/mol. The van der Waals surface area contributed by atoms with Gasteiger partial charge in [0.2, 0.25) is 0 Å². The second kappa shape index (κ2) is 8.80. The smallest absolute Gasteiger partial charge is 0.0738 e. The van der Waals surface area contributed by atoms with E-state index >= 15 is 0 Å². The fourth-order valence-corrected chi connectivity index (χ4v) is 2.76.